The lowest BCUT2D eigenvalue weighted by atomic mass is 10.1. The van der Waals surface area contributed by atoms with Crippen LogP contribution in [0.15, 0.2) is 29.3 Å². The van der Waals surface area contributed by atoms with E-state index in [4.69, 9.17) is 4.74 Å². The highest BCUT2D eigenvalue weighted by Gasteiger charge is 2.20. The van der Waals surface area contributed by atoms with E-state index in [9.17, 15) is 0 Å². The molecule has 20 heavy (non-hydrogen) atoms. The van der Waals surface area contributed by atoms with Crippen LogP contribution < -0.4 is 15.4 Å². The Kier molecular flexibility index (Phi) is 5.71. The van der Waals surface area contributed by atoms with E-state index in [1.807, 2.05) is 18.2 Å². The van der Waals surface area contributed by atoms with Crippen molar-refractivity contribution in [1.29, 1.82) is 0 Å². The van der Waals surface area contributed by atoms with Gasteiger partial charge in [0.05, 0.1) is 7.11 Å². The first-order chi connectivity index (χ1) is 9.83. The van der Waals surface area contributed by atoms with E-state index in [1.54, 1.807) is 7.11 Å². The molecule has 1 aliphatic rings. The maximum Gasteiger partial charge on any atom is 0.191 e. The second-order valence-corrected chi connectivity index (χ2v) is 5.15. The summed E-state index contributed by atoms with van der Waals surface area (Å²) in [5, 5.41) is 6.68. The zero-order valence-electron chi connectivity index (χ0n) is 12.5. The van der Waals surface area contributed by atoms with Crippen LogP contribution in [0.4, 0.5) is 0 Å². The Balaban J connectivity index is 1.81. The van der Waals surface area contributed by atoms with Crippen LogP contribution >= 0.6 is 0 Å². The molecule has 1 fully saturated rings. The van der Waals surface area contributed by atoms with Crippen LogP contribution in [0.1, 0.15) is 25.3 Å². The third-order valence-electron chi connectivity index (χ3n) is 3.43. The third kappa shape index (κ3) is 4.76. The average Bonchev–Trinajstić information content (AvgIpc) is 3.29. The summed E-state index contributed by atoms with van der Waals surface area (Å²) in [6.45, 7) is 4.79. The smallest absolute Gasteiger partial charge is 0.191 e. The number of hydrogen-bond acceptors (Lipinski definition) is 2. The first-order valence-electron chi connectivity index (χ1n) is 7.47. The molecule has 110 valence electrons. The normalized spacial score (nSPS) is 15.0. The maximum absolute atomic E-state index is 5.36. The van der Waals surface area contributed by atoms with Crippen molar-refractivity contribution in [1.82, 2.24) is 10.6 Å². The molecule has 0 bridgehead atoms. The summed E-state index contributed by atoms with van der Waals surface area (Å²) in [5.41, 5.74) is 1.22. The lowest BCUT2D eigenvalue weighted by Gasteiger charge is -2.12. The largest absolute Gasteiger partial charge is 0.496 e. The molecule has 0 radical (unpaired) electrons. The number of guanidine groups is 1. The highest BCUT2D eigenvalue weighted by Crippen LogP contribution is 2.28. The van der Waals surface area contributed by atoms with Gasteiger partial charge in [-0.05, 0) is 43.7 Å². The van der Waals surface area contributed by atoms with Gasteiger partial charge in [0.15, 0.2) is 5.96 Å². The number of rotatable bonds is 7. The number of hydrogen-bond donors (Lipinski definition) is 2. The van der Waals surface area contributed by atoms with Gasteiger partial charge in [-0.15, -0.1) is 0 Å². The number of para-hydroxylation sites is 1. The summed E-state index contributed by atoms with van der Waals surface area (Å²) in [4.78, 5) is 4.61. The molecular formula is C16H25N3O. The molecule has 0 atom stereocenters. The molecular weight excluding hydrogens is 250 g/mol. The average molecular weight is 275 g/mol. The van der Waals surface area contributed by atoms with Gasteiger partial charge in [0.1, 0.15) is 5.75 Å². The quantitative estimate of drug-likeness (QED) is 0.592. The summed E-state index contributed by atoms with van der Waals surface area (Å²) in [7, 11) is 1.72. The lowest BCUT2D eigenvalue weighted by Crippen LogP contribution is -2.38. The third-order valence-corrected chi connectivity index (χ3v) is 3.43. The Morgan fingerprint density at radius 2 is 2.10 bits per heavy atom. The Morgan fingerprint density at radius 1 is 1.30 bits per heavy atom. The number of aliphatic imine (C=N–C) groups is 1. The van der Waals surface area contributed by atoms with Crippen molar-refractivity contribution in [2.24, 2.45) is 10.9 Å². The molecule has 0 aliphatic heterocycles. The number of ether oxygens (including phenoxy) is 1. The molecule has 0 heterocycles. The second-order valence-electron chi connectivity index (χ2n) is 5.15. The van der Waals surface area contributed by atoms with E-state index < -0.39 is 0 Å². The Hall–Kier alpha value is -1.71. The Labute approximate surface area is 121 Å². The molecule has 1 saturated carbocycles. The molecule has 0 spiro atoms. The van der Waals surface area contributed by atoms with Gasteiger partial charge >= 0.3 is 0 Å². The van der Waals surface area contributed by atoms with Crippen molar-refractivity contribution in [3.8, 4) is 5.75 Å². The summed E-state index contributed by atoms with van der Waals surface area (Å²) in [5.74, 6) is 2.70. The zero-order valence-corrected chi connectivity index (χ0v) is 12.5. The minimum Gasteiger partial charge on any atom is -0.496 e. The molecule has 0 unspecified atom stereocenters. The van der Waals surface area contributed by atoms with Crippen LogP contribution in [0, 0.1) is 5.92 Å². The molecule has 0 amide bonds. The van der Waals surface area contributed by atoms with E-state index >= 15 is 0 Å². The van der Waals surface area contributed by atoms with E-state index in [0.29, 0.717) is 0 Å². The lowest BCUT2D eigenvalue weighted by molar-refractivity contribution is 0.409. The van der Waals surface area contributed by atoms with Crippen molar-refractivity contribution < 1.29 is 4.74 Å². The monoisotopic (exact) mass is 275 g/mol. The van der Waals surface area contributed by atoms with E-state index in [1.165, 1.54) is 18.4 Å². The number of methoxy groups -OCH3 is 1. The predicted octanol–water partition coefficient (Wildman–Crippen LogP) is 2.20. The second kappa shape index (κ2) is 7.78. The molecule has 1 aromatic rings. The molecule has 1 aromatic carbocycles. The molecule has 4 nitrogen and oxygen atoms in total. The van der Waals surface area contributed by atoms with Gasteiger partial charge < -0.3 is 15.4 Å². The van der Waals surface area contributed by atoms with Crippen LogP contribution in [0.25, 0.3) is 0 Å². The maximum atomic E-state index is 5.36. The van der Waals surface area contributed by atoms with E-state index in [2.05, 4.69) is 28.6 Å². The summed E-state index contributed by atoms with van der Waals surface area (Å²) >= 11 is 0. The van der Waals surface area contributed by atoms with Crippen molar-refractivity contribution >= 4 is 5.96 Å². The number of benzene rings is 1. The van der Waals surface area contributed by atoms with Crippen LogP contribution in [0.5, 0.6) is 5.75 Å². The highest BCUT2D eigenvalue weighted by atomic mass is 16.5. The summed E-state index contributed by atoms with van der Waals surface area (Å²) in [6.07, 6.45) is 3.60. The molecule has 2 rings (SSSR count). The minimum atomic E-state index is 0.819. The first-order valence-corrected chi connectivity index (χ1v) is 7.47. The van der Waals surface area contributed by atoms with E-state index in [-0.39, 0.29) is 0 Å². The topological polar surface area (TPSA) is 45.7 Å². The number of nitrogens with one attached hydrogen (secondary N) is 2. The molecule has 1 aliphatic carbocycles. The van der Waals surface area contributed by atoms with Crippen molar-refractivity contribution in [3.63, 3.8) is 0 Å². The van der Waals surface area contributed by atoms with Crippen molar-refractivity contribution in [3.05, 3.63) is 29.8 Å². The van der Waals surface area contributed by atoms with Gasteiger partial charge in [-0.3, -0.25) is 4.99 Å². The Bertz CT molecular complexity index is 441. The molecule has 4 heteroatoms. The van der Waals surface area contributed by atoms with Crippen LogP contribution in [0.3, 0.4) is 0 Å². The van der Waals surface area contributed by atoms with Gasteiger partial charge in [-0.25, -0.2) is 0 Å². The standard InChI is InChI=1S/C16H25N3O/c1-3-17-16(19-12-13-8-9-13)18-11-10-14-6-4-5-7-15(14)20-2/h4-7,13H,3,8-12H2,1-2H3,(H2,17,18,19). The van der Waals surface area contributed by atoms with Crippen LogP contribution in [-0.4, -0.2) is 32.7 Å². The van der Waals surface area contributed by atoms with Gasteiger partial charge in [0, 0.05) is 19.6 Å². The minimum absolute atomic E-state index is 0.819. The SMILES string of the molecule is CCNC(=NCC1CC1)NCCc1ccccc1OC. The first kappa shape index (κ1) is 14.7. The zero-order chi connectivity index (χ0) is 14.2. The fourth-order valence-corrected chi connectivity index (χ4v) is 2.09. The van der Waals surface area contributed by atoms with Crippen molar-refractivity contribution in [2.45, 2.75) is 26.2 Å². The molecule has 0 saturated heterocycles. The highest BCUT2D eigenvalue weighted by molar-refractivity contribution is 5.79. The van der Waals surface area contributed by atoms with Gasteiger partial charge in [0.2, 0.25) is 0 Å². The molecule has 0 aromatic heterocycles. The van der Waals surface area contributed by atoms with Crippen LogP contribution in [-0.2, 0) is 6.42 Å². The fraction of sp³-hybridized carbons (Fsp3) is 0.562. The fourth-order valence-electron chi connectivity index (χ4n) is 2.09. The van der Waals surface area contributed by atoms with Crippen LogP contribution in [0.2, 0.25) is 0 Å². The summed E-state index contributed by atoms with van der Waals surface area (Å²) < 4.78 is 5.36. The van der Waals surface area contributed by atoms with E-state index in [0.717, 1.165) is 43.7 Å². The van der Waals surface area contributed by atoms with Crippen molar-refractivity contribution in [2.75, 3.05) is 26.7 Å². The molecule has 2 N–H and O–H groups in total. The van der Waals surface area contributed by atoms with Gasteiger partial charge in [0.25, 0.3) is 0 Å². The predicted molar refractivity (Wildman–Crippen MR) is 83.4 cm³/mol. The van der Waals surface area contributed by atoms with Gasteiger partial charge in [-0.1, -0.05) is 18.2 Å². The Morgan fingerprint density at radius 3 is 2.80 bits per heavy atom. The van der Waals surface area contributed by atoms with Gasteiger partial charge in [-0.2, -0.15) is 0 Å². The summed E-state index contributed by atoms with van der Waals surface area (Å²) in [6, 6.07) is 8.15. The number of nitrogens with zero attached hydrogens (tertiary/aromatic N) is 1.